The topological polar surface area (TPSA) is 67.0 Å². The Morgan fingerprint density at radius 2 is 2.50 bits per heavy atom. The number of carbonyl (C=O) groups excluding carboxylic acids is 1. The van der Waals surface area contributed by atoms with E-state index < -0.39 is 0 Å². The number of carbonyl (C=O) groups is 1. The molecule has 5 nitrogen and oxygen atoms in total. The van der Waals surface area contributed by atoms with Crippen LogP contribution in [0.25, 0.3) is 0 Å². The van der Waals surface area contributed by atoms with E-state index in [1.54, 1.807) is 6.92 Å². The summed E-state index contributed by atoms with van der Waals surface area (Å²) in [5, 5.41) is 9.82. The summed E-state index contributed by atoms with van der Waals surface area (Å²) in [6.45, 7) is 4.09. The fourth-order valence-electron chi connectivity index (χ4n) is 2.07. The summed E-state index contributed by atoms with van der Waals surface area (Å²) in [7, 11) is 0. The van der Waals surface area contributed by atoms with Gasteiger partial charge in [-0.2, -0.15) is 5.10 Å². The lowest BCUT2D eigenvalue weighted by molar-refractivity contribution is 0.0514. The van der Waals surface area contributed by atoms with Crippen LogP contribution in [0.5, 0.6) is 0 Å². The summed E-state index contributed by atoms with van der Waals surface area (Å²) >= 11 is 5.96. The van der Waals surface area contributed by atoms with Crippen LogP contribution in [-0.2, 0) is 4.74 Å². The zero-order valence-corrected chi connectivity index (χ0v) is 11.2. The molecule has 2 N–H and O–H groups in total. The smallest absolute Gasteiger partial charge is 0.273 e. The number of aromatic nitrogens is 2. The molecule has 1 aliphatic heterocycles. The molecule has 0 bridgehead atoms. The zero-order chi connectivity index (χ0) is 13.0. The number of amides is 1. The second kappa shape index (κ2) is 6.20. The van der Waals surface area contributed by atoms with Gasteiger partial charge in [-0.3, -0.25) is 9.89 Å². The van der Waals surface area contributed by atoms with E-state index in [1.165, 1.54) is 6.42 Å². The standard InChI is InChI=1S/C12H18ClN3O2/c1-8-10(13)11(16-15-8)12(17)14-5-4-9-3-2-6-18-7-9/h9H,2-7H2,1H3,(H,14,17)(H,15,16)/t9-/m0/s1. The third kappa shape index (κ3) is 3.23. The SMILES string of the molecule is Cc1[nH]nc(C(=O)NCC[C@@H]2CCCOC2)c1Cl. The van der Waals surface area contributed by atoms with Gasteiger partial charge in [0, 0.05) is 19.8 Å². The first kappa shape index (κ1) is 13.4. The average molecular weight is 272 g/mol. The van der Waals surface area contributed by atoms with Crippen molar-refractivity contribution in [3.05, 3.63) is 16.4 Å². The van der Waals surface area contributed by atoms with Gasteiger partial charge in [0.15, 0.2) is 5.69 Å². The number of halogens is 1. The molecule has 1 saturated heterocycles. The lowest BCUT2D eigenvalue weighted by Crippen LogP contribution is -2.28. The Bertz CT molecular complexity index is 413. The molecule has 1 aliphatic rings. The minimum absolute atomic E-state index is 0.221. The molecule has 1 fully saturated rings. The molecule has 6 heteroatoms. The number of aromatic amines is 1. The normalized spacial score (nSPS) is 19.8. The van der Waals surface area contributed by atoms with Crippen LogP contribution >= 0.6 is 11.6 Å². The molecular weight excluding hydrogens is 254 g/mol. The van der Waals surface area contributed by atoms with Crippen LogP contribution < -0.4 is 5.32 Å². The maximum Gasteiger partial charge on any atom is 0.273 e. The fourth-order valence-corrected chi connectivity index (χ4v) is 2.24. The molecule has 1 aromatic rings. The molecule has 1 amide bonds. The predicted octanol–water partition coefficient (Wildman–Crippen LogP) is 1.92. The van der Waals surface area contributed by atoms with Gasteiger partial charge in [-0.15, -0.1) is 0 Å². The van der Waals surface area contributed by atoms with Crippen LogP contribution in [0.3, 0.4) is 0 Å². The summed E-state index contributed by atoms with van der Waals surface area (Å²) in [6.07, 6.45) is 3.23. The van der Waals surface area contributed by atoms with Crippen molar-refractivity contribution in [2.45, 2.75) is 26.2 Å². The third-order valence-corrected chi connectivity index (χ3v) is 3.64. The van der Waals surface area contributed by atoms with E-state index in [0.29, 0.717) is 23.2 Å². The second-order valence-corrected chi connectivity index (χ2v) is 5.02. The van der Waals surface area contributed by atoms with Crippen LogP contribution in [0, 0.1) is 12.8 Å². The zero-order valence-electron chi connectivity index (χ0n) is 10.5. The van der Waals surface area contributed by atoms with E-state index in [4.69, 9.17) is 16.3 Å². The molecule has 1 atom stereocenters. The van der Waals surface area contributed by atoms with Gasteiger partial charge in [0.05, 0.1) is 10.7 Å². The number of hydrogen-bond donors (Lipinski definition) is 2. The van der Waals surface area contributed by atoms with Crippen molar-refractivity contribution in [3.63, 3.8) is 0 Å². The Balaban J connectivity index is 1.76. The second-order valence-electron chi connectivity index (χ2n) is 4.64. The van der Waals surface area contributed by atoms with Crippen LogP contribution in [0.4, 0.5) is 0 Å². The number of nitrogens with zero attached hydrogens (tertiary/aromatic N) is 1. The average Bonchev–Trinajstić information content (AvgIpc) is 2.71. The minimum atomic E-state index is -0.221. The summed E-state index contributed by atoms with van der Waals surface area (Å²) in [4.78, 5) is 11.8. The van der Waals surface area contributed by atoms with Crippen molar-refractivity contribution in [3.8, 4) is 0 Å². The summed E-state index contributed by atoms with van der Waals surface area (Å²) in [6, 6.07) is 0. The first-order valence-corrected chi connectivity index (χ1v) is 6.62. The molecular formula is C12H18ClN3O2. The monoisotopic (exact) mass is 271 g/mol. The quantitative estimate of drug-likeness (QED) is 0.879. The van der Waals surface area contributed by atoms with Crippen molar-refractivity contribution >= 4 is 17.5 Å². The molecule has 0 saturated carbocycles. The number of nitrogens with one attached hydrogen (secondary N) is 2. The van der Waals surface area contributed by atoms with Crippen molar-refractivity contribution in [1.29, 1.82) is 0 Å². The Hall–Kier alpha value is -1.07. The summed E-state index contributed by atoms with van der Waals surface area (Å²) in [5.41, 5.74) is 0.983. The van der Waals surface area contributed by atoms with Crippen LogP contribution in [-0.4, -0.2) is 35.9 Å². The van der Waals surface area contributed by atoms with E-state index in [0.717, 1.165) is 26.1 Å². The van der Waals surface area contributed by atoms with Gasteiger partial charge in [0.1, 0.15) is 0 Å². The van der Waals surface area contributed by atoms with E-state index in [1.807, 2.05) is 0 Å². The molecule has 1 aromatic heterocycles. The maximum absolute atomic E-state index is 11.8. The van der Waals surface area contributed by atoms with E-state index in [9.17, 15) is 4.79 Å². The number of aryl methyl sites for hydroxylation is 1. The van der Waals surface area contributed by atoms with Gasteiger partial charge >= 0.3 is 0 Å². The molecule has 2 heterocycles. The highest BCUT2D eigenvalue weighted by Crippen LogP contribution is 2.18. The van der Waals surface area contributed by atoms with Crippen LogP contribution in [0.1, 0.15) is 35.4 Å². The van der Waals surface area contributed by atoms with Crippen molar-refractivity contribution in [2.75, 3.05) is 19.8 Å². The molecule has 100 valence electrons. The molecule has 0 unspecified atom stereocenters. The highest BCUT2D eigenvalue weighted by molar-refractivity contribution is 6.34. The first-order chi connectivity index (χ1) is 8.68. The number of H-pyrrole nitrogens is 1. The highest BCUT2D eigenvalue weighted by atomic mass is 35.5. The van der Waals surface area contributed by atoms with Crippen molar-refractivity contribution in [2.24, 2.45) is 5.92 Å². The Morgan fingerprint density at radius 1 is 1.67 bits per heavy atom. The van der Waals surface area contributed by atoms with Gasteiger partial charge in [0.2, 0.25) is 0 Å². The summed E-state index contributed by atoms with van der Waals surface area (Å²) in [5.74, 6) is 0.330. The Kier molecular flexibility index (Phi) is 4.60. The van der Waals surface area contributed by atoms with Gasteiger partial charge in [-0.25, -0.2) is 0 Å². The van der Waals surface area contributed by atoms with Crippen molar-refractivity contribution in [1.82, 2.24) is 15.5 Å². The fraction of sp³-hybridized carbons (Fsp3) is 0.667. The third-order valence-electron chi connectivity index (χ3n) is 3.18. The first-order valence-electron chi connectivity index (χ1n) is 6.25. The van der Waals surface area contributed by atoms with E-state index >= 15 is 0 Å². The minimum Gasteiger partial charge on any atom is -0.381 e. The molecule has 0 spiro atoms. The number of ether oxygens (including phenoxy) is 1. The maximum atomic E-state index is 11.8. The molecule has 0 aromatic carbocycles. The van der Waals surface area contributed by atoms with Crippen molar-refractivity contribution < 1.29 is 9.53 Å². The Morgan fingerprint density at radius 3 is 3.11 bits per heavy atom. The molecule has 0 aliphatic carbocycles. The van der Waals surface area contributed by atoms with Crippen LogP contribution in [0.15, 0.2) is 0 Å². The van der Waals surface area contributed by atoms with Gasteiger partial charge < -0.3 is 10.1 Å². The largest absolute Gasteiger partial charge is 0.381 e. The van der Waals surface area contributed by atoms with Crippen LogP contribution in [0.2, 0.25) is 5.02 Å². The van der Waals surface area contributed by atoms with Gasteiger partial charge in [-0.1, -0.05) is 11.6 Å². The highest BCUT2D eigenvalue weighted by Gasteiger charge is 2.17. The Labute approximate surface area is 111 Å². The molecule has 0 radical (unpaired) electrons. The number of rotatable bonds is 4. The predicted molar refractivity (Wildman–Crippen MR) is 68.8 cm³/mol. The summed E-state index contributed by atoms with van der Waals surface area (Å²) < 4.78 is 5.40. The van der Waals surface area contributed by atoms with E-state index in [-0.39, 0.29) is 11.6 Å². The van der Waals surface area contributed by atoms with Gasteiger partial charge in [0.25, 0.3) is 5.91 Å². The number of hydrogen-bond acceptors (Lipinski definition) is 3. The molecule has 2 rings (SSSR count). The van der Waals surface area contributed by atoms with E-state index in [2.05, 4.69) is 15.5 Å². The molecule has 18 heavy (non-hydrogen) atoms. The lowest BCUT2D eigenvalue weighted by Gasteiger charge is -2.21. The lowest BCUT2D eigenvalue weighted by atomic mass is 9.99. The van der Waals surface area contributed by atoms with Gasteiger partial charge in [-0.05, 0) is 32.1 Å².